The number of halogens is 4. The minimum absolute atomic E-state index is 0.337. The Morgan fingerprint density at radius 2 is 1.83 bits per heavy atom. The maximum Gasteiger partial charge on any atom is 0.417 e. The second-order valence-corrected chi connectivity index (χ2v) is 6.41. The molecular weight excluding hydrogens is 398 g/mol. The van der Waals surface area contributed by atoms with Gasteiger partial charge in [0.15, 0.2) is 0 Å². The average Bonchev–Trinajstić information content (AvgIpc) is 3.11. The number of nitrogens with one attached hydrogen (secondary N) is 1. The molecule has 0 bridgehead atoms. The van der Waals surface area contributed by atoms with Crippen molar-refractivity contribution < 1.29 is 17.6 Å². The third kappa shape index (κ3) is 3.73. The van der Waals surface area contributed by atoms with E-state index in [4.69, 9.17) is 0 Å². The van der Waals surface area contributed by atoms with Crippen LogP contribution < -0.4 is 5.32 Å². The van der Waals surface area contributed by atoms with Crippen molar-refractivity contribution in [1.29, 1.82) is 0 Å². The third-order valence-electron chi connectivity index (χ3n) is 4.39. The Balaban J connectivity index is 1.95. The minimum Gasteiger partial charge on any atom is -0.351 e. The molecule has 0 aliphatic rings. The van der Waals surface area contributed by atoms with Crippen molar-refractivity contribution in [3.63, 3.8) is 0 Å². The van der Waals surface area contributed by atoms with Crippen molar-refractivity contribution in [2.75, 3.05) is 11.9 Å². The van der Waals surface area contributed by atoms with Gasteiger partial charge in [-0.3, -0.25) is 0 Å². The Morgan fingerprint density at radius 1 is 1.07 bits per heavy atom. The number of nitrogens with zero attached hydrogens (tertiary/aromatic N) is 4. The van der Waals surface area contributed by atoms with Gasteiger partial charge in [-0.05, 0) is 42.5 Å². The molecule has 4 aromatic rings. The molecule has 0 atom stereocenters. The molecule has 3 heterocycles. The molecule has 152 valence electrons. The smallest absolute Gasteiger partial charge is 0.351 e. The predicted molar refractivity (Wildman–Crippen MR) is 105 cm³/mol. The first-order valence-electron chi connectivity index (χ1n) is 8.90. The summed E-state index contributed by atoms with van der Waals surface area (Å²) in [7, 11) is 0. The lowest BCUT2D eigenvalue weighted by Gasteiger charge is -2.08. The largest absolute Gasteiger partial charge is 0.417 e. The van der Waals surface area contributed by atoms with E-state index < -0.39 is 17.6 Å². The van der Waals surface area contributed by atoms with Crippen LogP contribution in [0.25, 0.3) is 28.0 Å². The van der Waals surface area contributed by atoms with Gasteiger partial charge in [-0.15, -0.1) is 6.58 Å². The van der Waals surface area contributed by atoms with Crippen molar-refractivity contribution in [2.24, 2.45) is 0 Å². The molecule has 0 saturated heterocycles. The first kappa shape index (κ1) is 19.6. The van der Waals surface area contributed by atoms with E-state index in [1.54, 1.807) is 12.1 Å². The molecular formula is C21H15F4N5. The molecule has 30 heavy (non-hydrogen) atoms. The quantitative estimate of drug-likeness (QED) is 0.360. The molecule has 1 N–H and O–H groups in total. The molecule has 0 amide bonds. The second-order valence-electron chi connectivity index (χ2n) is 6.41. The van der Waals surface area contributed by atoms with E-state index in [0.717, 1.165) is 16.8 Å². The summed E-state index contributed by atoms with van der Waals surface area (Å²) in [5, 5.41) is 7.33. The Morgan fingerprint density at radius 3 is 2.53 bits per heavy atom. The average molecular weight is 413 g/mol. The molecule has 3 aromatic heterocycles. The van der Waals surface area contributed by atoms with Crippen LogP contribution in [0.15, 0.2) is 67.5 Å². The van der Waals surface area contributed by atoms with Crippen LogP contribution >= 0.6 is 0 Å². The molecule has 1 aromatic carbocycles. The van der Waals surface area contributed by atoms with Gasteiger partial charge in [0.25, 0.3) is 0 Å². The minimum atomic E-state index is -4.51. The van der Waals surface area contributed by atoms with Gasteiger partial charge in [0.1, 0.15) is 11.5 Å². The number of aromatic nitrogens is 4. The SMILES string of the molecule is C=CCNc1nccc(-c2c(-c3ccc(F)cc3)nn3cc(C(F)(F)F)ccc23)n1. The van der Waals surface area contributed by atoms with E-state index in [1.807, 2.05) is 0 Å². The maximum atomic E-state index is 13.4. The van der Waals surface area contributed by atoms with Crippen LogP contribution in [0.1, 0.15) is 5.56 Å². The normalized spacial score (nSPS) is 11.6. The highest BCUT2D eigenvalue weighted by Crippen LogP contribution is 2.36. The first-order valence-corrected chi connectivity index (χ1v) is 8.90. The summed E-state index contributed by atoms with van der Waals surface area (Å²) >= 11 is 0. The molecule has 9 heteroatoms. The highest BCUT2D eigenvalue weighted by Gasteiger charge is 2.31. The van der Waals surface area contributed by atoms with Gasteiger partial charge in [-0.2, -0.15) is 18.3 Å². The maximum absolute atomic E-state index is 13.4. The predicted octanol–water partition coefficient (Wildman–Crippen LogP) is 5.21. The summed E-state index contributed by atoms with van der Waals surface area (Å²) in [4.78, 5) is 8.59. The van der Waals surface area contributed by atoms with Gasteiger partial charge in [-0.1, -0.05) is 6.08 Å². The fraction of sp³-hybridized carbons (Fsp3) is 0.0952. The zero-order valence-corrected chi connectivity index (χ0v) is 15.5. The molecule has 4 rings (SSSR count). The summed E-state index contributed by atoms with van der Waals surface area (Å²) in [6.45, 7) is 4.07. The van der Waals surface area contributed by atoms with Crippen LogP contribution in [-0.4, -0.2) is 26.1 Å². The number of rotatable bonds is 5. The molecule has 0 fully saturated rings. The van der Waals surface area contributed by atoms with E-state index in [9.17, 15) is 17.6 Å². The fourth-order valence-corrected chi connectivity index (χ4v) is 3.03. The van der Waals surface area contributed by atoms with Crippen LogP contribution in [0.3, 0.4) is 0 Å². The summed E-state index contributed by atoms with van der Waals surface area (Å²) < 4.78 is 54.1. The van der Waals surface area contributed by atoms with Gasteiger partial charge >= 0.3 is 6.18 Å². The van der Waals surface area contributed by atoms with Crippen LogP contribution in [-0.2, 0) is 6.18 Å². The van der Waals surface area contributed by atoms with E-state index in [-0.39, 0.29) is 0 Å². The summed E-state index contributed by atoms with van der Waals surface area (Å²) in [5.74, 6) is -0.0925. The van der Waals surface area contributed by atoms with Crippen LogP contribution in [0.4, 0.5) is 23.5 Å². The number of anilines is 1. The molecule has 0 aliphatic heterocycles. The molecule has 0 radical (unpaired) electrons. The molecule has 5 nitrogen and oxygen atoms in total. The Bertz CT molecular complexity index is 1210. The number of hydrogen-bond donors (Lipinski definition) is 1. The van der Waals surface area contributed by atoms with E-state index >= 15 is 0 Å². The highest BCUT2D eigenvalue weighted by atomic mass is 19.4. The van der Waals surface area contributed by atoms with E-state index in [2.05, 4.69) is 27.0 Å². The number of benzene rings is 1. The molecule has 0 unspecified atom stereocenters. The fourth-order valence-electron chi connectivity index (χ4n) is 3.03. The monoisotopic (exact) mass is 413 g/mol. The number of alkyl halides is 3. The van der Waals surface area contributed by atoms with Crippen molar-refractivity contribution in [3.05, 3.63) is 78.9 Å². The van der Waals surface area contributed by atoms with Gasteiger partial charge in [0.05, 0.1) is 22.3 Å². The lowest BCUT2D eigenvalue weighted by Crippen LogP contribution is -2.06. The highest BCUT2D eigenvalue weighted by molar-refractivity contribution is 5.91. The Labute approximate surface area is 168 Å². The molecule has 0 saturated carbocycles. The van der Waals surface area contributed by atoms with Crippen molar-refractivity contribution in [1.82, 2.24) is 19.6 Å². The summed E-state index contributed by atoms with van der Waals surface area (Å²) in [5.41, 5.74) is 1.50. The van der Waals surface area contributed by atoms with Crippen molar-refractivity contribution in [2.45, 2.75) is 6.18 Å². The Hall–Kier alpha value is -3.75. The number of hydrogen-bond acceptors (Lipinski definition) is 4. The lowest BCUT2D eigenvalue weighted by molar-refractivity contribution is -0.137. The Kier molecular flexibility index (Phi) is 4.94. The van der Waals surface area contributed by atoms with Gasteiger partial charge < -0.3 is 5.32 Å². The topological polar surface area (TPSA) is 55.1 Å². The van der Waals surface area contributed by atoms with Gasteiger partial charge in [0, 0.05) is 24.5 Å². The standard InChI is InChI=1S/C21H15F4N5/c1-2-10-26-20-27-11-9-16(28-20)18-17-8-5-14(21(23,24)25)12-30(17)29-19(18)13-3-6-15(22)7-4-13/h2-9,11-12H,1,10H2,(H,26,27,28). The second kappa shape index (κ2) is 7.58. The summed E-state index contributed by atoms with van der Waals surface area (Å²) in [6, 6.07) is 9.54. The van der Waals surface area contributed by atoms with Crippen molar-refractivity contribution >= 4 is 11.5 Å². The van der Waals surface area contributed by atoms with E-state index in [0.29, 0.717) is 40.5 Å². The summed E-state index contributed by atoms with van der Waals surface area (Å²) in [6.07, 6.45) is -0.402. The van der Waals surface area contributed by atoms with Crippen LogP contribution in [0.5, 0.6) is 0 Å². The van der Waals surface area contributed by atoms with Crippen LogP contribution in [0, 0.1) is 5.82 Å². The first-order chi connectivity index (χ1) is 14.4. The zero-order valence-electron chi connectivity index (χ0n) is 15.5. The number of fused-ring (bicyclic) bond motifs is 1. The van der Waals surface area contributed by atoms with Gasteiger partial charge in [0.2, 0.25) is 5.95 Å². The zero-order chi connectivity index (χ0) is 21.3. The third-order valence-corrected chi connectivity index (χ3v) is 4.39. The van der Waals surface area contributed by atoms with Crippen LogP contribution in [0.2, 0.25) is 0 Å². The molecule has 0 spiro atoms. The molecule has 0 aliphatic carbocycles. The number of pyridine rings is 1. The van der Waals surface area contributed by atoms with Gasteiger partial charge in [-0.25, -0.2) is 18.9 Å². The van der Waals surface area contributed by atoms with E-state index in [1.165, 1.54) is 36.5 Å². The van der Waals surface area contributed by atoms with Crippen molar-refractivity contribution in [3.8, 4) is 22.5 Å². The lowest BCUT2D eigenvalue weighted by atomic mass is 10.0.